The van der Waals surface area contributed by atoms with Gasteiger partial charge < -0.3 is 30.2 Å². The summed E-state index contributed by atoms with van der Waals surface area (Å²) in [4.78, 5) is 18.0. The second-order valence-electron chi connectivity index (χ2n) is 11.0. The molecule has 0 bridgehead atoms. The van der Waals surface area contributed by atoms with Gasteiger partial charge in [0, 0.05) is 13.1 Å². The minimum absolute atomic E-state index is 0.122. The molecule has 5 rings (SSSR count). The van der Waals surface area contributed by atoms with Crippen molar-refractivity contribution in [1.82, 2.24) is 9.80 Å². The highest BCUT2D eigenvalue weighted by atomic mass is 16.3. The van der Waals surface area contributed by atoms with Gasteiger partial charge in [0.05, 0.1) is 25.3 Å². The topological polar surface area (TPSA) is 104 Å². The Kier molecular flexibility index (Phi) is 9.66. The average Bonchev–Trinajstić information content (AvgIpc) is 3.09. The predicted octanol–water partition coefficient (Wildman–Crippen LogP) is 4.05. The Morgan fingerprint density at radius 1 is 0.500 bits per heavy atom. The fourth-order valence-electron chi connectivity index (χ4n) is 5.86. The van der Waals surface area contributed by atoms with Gasteiger partial charge in [-0.2, -0.15) is 0 Å². The Bertz CT molecular complexity index is 1340. The summed E-state index contributed by atoms with van der Waals surface area (Å²) in [6.07, 6.45) is -1.73. The molecule has 4 aromatic rings. The number of benzene rings is 4. The van der Waals surface area contributed by atoms with E-state index in [-0.39, 0.29) is 32.3 Å². The lowest BCUT2D eigenvalue weighted by molar-refractivity contribution is -0.0408. The molecule has 1 fully saturated rings. The van der Waals surface area contributed by atoms with Crippen LogP contribution in [0.4, 0.5) is 4.79 Å². The first-order valence-corrected chi connectivity index (χ1v) is 14.4. The predicted molar refractivity (Wildman–Crippen MR) is 161 cm³/mol. The van der Waals surface area contributed by atoms with Gasteiger partial charge in [-0.05, 0) is 46.2 Å². The number of nitrogens with zero attached hydrogens (tertiary/aromatic N) is 2. The van der Waals surface area contributed by atoms with Crippen molar-refractivity contribution in [1.29, 1.82) is 0 Å². The van der Waals surface area contributed by atoms with Gasteiger partial charge >= 0.3 is 6.03 Å². The van der Waals surface area contributed by atoms with Crippen molar-refractivity contribution >= 4 is 6.03 Å². The largest absolute Gasteiger partial charge is 0.392 e. The van der Waals surface area contributed by atoms with E-state index in [2.05, 4.69) is 0 Å². The van der Waals surface area contributed by atoms with Gasteiger partial charge in [-0.25, -0.2) is 4.79 Å². The first-order chi connectivity index (χ1) is 20.5. The fraction of sp³-hybridized carbons (Fsp3) is 0.286. The molecule has 218 valence electrons. The Balaban J connectivity index is 1.59. The lowest BCUT2D eigenvalue weighted by Crippen LogP contribution is -2.50. The molecule has 0 aliphatic carbocycles. The molecule has 1 aliphatic rings. The van der Waals surface area contributed by atoms with Gasteiger partial charge in [0.15, 0.2) is 0 Å². The first-order valence-electron chi connectivity index (χ1n) is 14.4. The van der Waals surface area contributed by atoms with Crippen LogP contribution in [0, 0.1) is 0 Å². The Morgan fingerprint density at radius 3 is 1.24 bits per heavy atom. The number of hydrogen-bond donors (Lipinski definition) is 4. The number of amides is 2. The van der Waals surface area contributed by atoms with E-state index in [0.717, 1.165) is 33.4 Å². The highest BCUT2D eigenvalue weighted by molar-refractivity contribution is 5.76. The summed E-state index contributed by atoms with van der Waals surface area (Å²) in [7, 11) is 0. The molecule has 4 aromatic carbocycles. The molecule has 1 heterocycles. The van der Waals surface area contributed by atoms with Crippen molar-refractivity contribution in [2.24, 2.45) is 0 Å². The van der Waals surface area contributed by atoms with E-state index in [9.17, 15) is 25.2 Å². The highest BCUT2D eigenvalue weighted by Crippen LogP contribution is 2.30. The molecule has 4 unspecified atom stereocenters. The summed E-state index contributed by atoms with van der Waals surface area (Å²) >= 11 is 0. The van der Waals surface area contributed by atoms with Gasteiger partial charge in [-0.3, -0.25) is 0 Å². The molecule has 0 radical (unpaired) electrons. The molecule has 4 atom stereocenters. The molecule has 1 saturated heterocycles. The van der Waals surface area contributed by atoms with E-state index in [4.69, 9.17) is 0 Å². The number of carbonyl (C=O) groups is 1. The van der Waals surface area contributed by atoms with Crippen molar-refractivity contribution in [3.05, 3.63) is 143 Å². The van der Waals surface area contributed by atoms with E-state index in [0.29, 0.717) is 12.8 Å². The molecule has 7 nitrogen and oxygen atoms in total. The molecule has 42 heavy (non-hydrogen) atoms. The number of hydrogen-bond acceptors (Lipinski definition) is 5. The maximum Gasteiger partial charge on any atom is 0.321 e. The quantitative estimate of drug-likeness (QED) is 0.232. The smallest absolute Gasteiger partial charge is 0.321 e. The van der Waals surface area contributed by atoms with E-state index >= 15 is 0 Å². The second-order valence-corrected chi connectivity index (χ2v) is 11.0. The van der Waals surface area contributed by atoms with Crippen LogP contribution in [0.2, 0.25) is 0 Å². The lowest BCUT2D eigenvalue weighted by atomic mass is 9.91. The summed E-state index contributed by atoms with van der Waals surface area (Å²) in [5.41, 5.74) is 4.99. The van der Waals surface area contributed by atoms with E-state index in [1.54, 1.807) is 9.80 Å². The maximum atomic E-state index is 14.7. The number of rotatable bonds is 10. The van der Waals surface area contributed by atoms with Crippen molar-refractivity contribution < 1.29 is 25.2 Å². The lowest BCUT2D eigenvalue weighted by Gasteiger charge is -2.36. The SMILES string of the molecule is O=C1N(Cc2cccc(CO)c2)C(Cc2ccccc2)C(O)C(O)C(Cc2ccccc2)N1Cc1cccc(CO)c1. The van der Waals surface area contributed by atoms with Crippen LogP contribution in [0.1, 0.15) is 33.4 Å². The molecule has 2 amide bonds. The molecule has 0 spiro atoms. The summed E-state index contributed by atoms with van der Waals surface area (Å²) < 4.78 is 0. The molecule has 1 aliphatic heterocycles. The molecular formula is C35H38N2O5. The van der Waals surface area contributed by atoms with E-state index in [1.807, 2.05) is 109 Å². The van der Waals surface area contributed by atoms with Crippen LogP contribution >= 0.6 is 0 Å². The third-order valence-corrected chi connectivity index (χ3v) is 8.06. The fourth-order valence-corrected chi connectivity index (χ4v) is 5.86. The van der Waals surface area contributed by atoms with Crippen molar-refractivity contribution in [2.45, 2.75) is 63.4 Å². The zero-order valence-electron chi connectivity index (χ0n) is 23.5. The summed E-state index contributed by atoms with van der Waals surface area (Å²) in [5, 5.41) is 43.1. The monoisotopic (exact) mass is 566 g/mol. The van der Waals surface area contributed by atoms with Gasteiger partial charge in [0.1, 0.15) is 12.2 Å². The third kappa shape index (κ3) is 6.89. The minimum atomic E-state index is -1.22. The number of aliphatic hydroxyl groups excluding tert-OH is 4. The highest BCUT2D eigenvalue weighted by Gasteiger charge is 2.46. The number of aliphatic hydroxyl groups is 4. The van der Waals surface area contributed by atoms with Crippen molar-refractivity contribution in [3.63, 3.8) is 0 Å². The van der Waals surface area contributed by atoms with E-state index in [1.165, 1.54) is 0 Å². The maximum absolute atomic E-state index is 14.7. The van der Waals surface area contributed by atoms with E-state index < -0.39 is 24.3 Å². The standard InChI is InChI=1S/C35H38N2O5/c38-23-29-15-7-13-27(17-29)21-36-31(19-25-9-3-1-4-10-25)33(40)34(41)32(20-26-11-5-2-6-12-26)37(35(36)42)22-28-14-8-16-30(18-28)24-39/h1-18,31-34,38-41H,19-24H2. The third-order valence-electron chi connectivity index (χ3n) is 8.06. The zero-order valence-corrected chi connectivity index (χ0v) is 23.5. The number of urea groups is 1. The Hall–Kier alpha value is -4.01. The summed E-state index contributed by atoms with van der Waals surface area (Å²) in [6, 6.07) is 32.5. The normalized spacial score (nSPS) is 20.9. The van der Waals surface area contributed by atoms with Crippen molar-refractivity contribution in [2.75, 3.05) is 0 Å². The molecule has 4 N–H and O–H groups in total. The van der Waals surface area contributed by atoms with Gasteiger partial charge in [-0.1, -0.05) is 109 Å². The molecule has 0 aromatic heterocycles. The van der Waals surface area contributed by atoms with Gasteiger partial charge in [0.25, 0.3) is 0 Å². The number of carbonyl (C=O) groups excluding carboxylic acids is 1. The van der Waals surface area contributed by atoms with Gasteiger partial charge in [0.2, 0.25) is 0 Å². The summed E-state index contributed by atoms with van der Waals surface area (Å²) in [6.45, 7) is 0.143. The molecule has 0 saturated carbocycles. The van der Waals surface area contributed by atoms with Crippen molar-refractivity contribution in [3.8, 4) is 0 Å². The second kappa shape index (κ2) is 13.8. The molecule has 7 heteroatoms. The van der Waals surface area contributed by atoms with Crippen LogP contribution in [0.3, 0.4) is 0 Å². The zero-order chi connectivity index (χ0) is 29.5. The van der Waals surface area contributed by atoms with Crippen LogP contribution in [-0.4, -0.2) is 60.5 Å². The Morgan fingerprint density at radius 2 is 0.857 bits per heavy atom. The average molecular weight is 567 g/mol. The van der Waals surface area contributed by atoms with Crippen LogP contribution < -0.4 is 0 Å². The van der Waals surface area contributed by atoms with Crippen LogP contribution in [0.15, 0.2) is 109 Å². The minimum Gasteiger partial charge on any atom is -0.392 e. The first kappa shape index (κ1) is 29.5. The van der Waals surface area contributed by atoms with Crippen LogP contribution in [0.5, 0.6) is 0 Å². The summed E-state index contributed by atoms with van der Waals surface area (Å²) in [5.74, 6) is 0. The van der Waals surface area contributed by atoms with Crippen LogP contribution in [0.25, 0.3) is 0 Å². The van der Waals surface area contributed by atoms with Crippen LogP contribution in [-0.2, 0) is 39.1 Å². The van der Waals surface area contributed by atoms with Gasteiger partial charge in [-0.15, -0.1) is 0 Å². The molecular weight excluding hydrogens is 528 g/mol. The Labute approximate surface area is 246 Å².